The molecule has 8 nitrogen and oxygen atoms in total. The number of hydrogen-bond donors (Lipinski definition) is 1. The minimum absolute atomic E-state index is 0.0291. The second-order valence-corrected chi connectivity index (χ2v) is 5.64. The van der Waals surface area contributed by atoms with Gasteiger partial charge in [-0.15, -0.1) is 0 Å². The largest absolute Gasteiger partial charge is 0.356 e. The van der Waals surface area contributed by atoms with Gasteiger partial charge < -0.3 is 14.9 Å². The first kappa shape index (κ1) is 15.4. The maximum atomic E-state index is 11.0. The molecule has 9 heteroatoms. The molecule has 1 aromatic heterocycles. The summed E-state index contributed by atoms with van der Waals surface area (Å²) in [7, 11) is 1.67. The van der Waals surface area contributed by atoms with Gasteiger partial charge in [0.05, 0.1) is 17.2 Å². The molecule has 1 aromatic carbocycles. The van der Waals surface area contributed by atoms with Crippen LogP contribution in [0.5, 0.6) is 0 Å². The lowest BCUT2D eigenvalue weighted by Crippen LogP contribution is -2.51. The molecule has 120 valence electrons. The van der Waals surface area contributed by atoms with Crippen molar-refractivity contribution in [2.24, 2.45) is 0 Å². The number of halogens is 1. The second-order valence-electron chi connectivity index (χ2n) is 5.30. The molecule has 0 bridgehead atoms. The topological polar surface area (TPSA) is 95.6 Å². The van der Waals surface area contributed by atoms with E-state index in [1.54, 1.807) is 29.1 Å². The van der Waals surface area contributed by atoms with Crippen LogP contribution in [0.15, 0.2) is 24.4 Å². The highest BCUT2D eigenvalue weighted by Gasteiger charge is 2.31. The molecule has 0 radical (unpaired) electrons. The van der Waals surface area contributed by atoms with Gasteiger partial charge in [0.25, 0.3) is 5.69 Å². The van der Waals surface area contributed by atoms with Gasteiger partial charge in [0.2, 0.25) is 11.6 Å². The lowest BCUT2D eigenvalue weighted by atomic mass is 10.1. The van der Waals surface area contributed by atoms with E-state index in [2.05, 4.69) is 9.97 Å². The van der Waals surface area contributed by atoms with E-state index in [9.17, 15) is 15.2 Å². The molecule has 0 saturated heterocycles. The first-order valence-corrected chi connectivity index (χ1v) is 7.20. The quantitative estimate of drug-likeness (QED) is 0.510. The molecule has 1 aliphatic heterocycles. The SMILES string of the molecule is Cc1ccc([N+](=O)[O-])cc1N1Cc2cnc(Cl)nc2N(C)C1O. The zero-order valence-electron chi connectivity index (χ0n) is 12.5. The highest BCUT2D eigenvalue weighted by molar-refractivity contribution is 6.28. The van der Waals surface area contributed by atoms with Gasteiger partial charge >= 0.3 is 0 Å². The van der Waals surface area contributed by atoms with Gasteiger partial charge in [-0.1, -0.05) is 6.07 Å². The Labute approximate surface area is 137 Å². The fourth-order valence-corrected chi connectivity index (χ4v) is 2.74. The van der Waals surface area contributed by atoms with E-state index in [1.807, 2.05) is 6.92 Å². The predicted octanol–water partition coefficient (Wildman–Crippen LogP) is 2.08. The van der Waals surface area contributed by atoms with Gasteiger partial charge in [-0.2, -0.15) is 0 Å². The summed E-state index contributed by atoms with van der Waals surface area (Å²) in [6.45, 7) is 2.15. The zero-order valence-corrected chi connectivity index (χ0v) is 13.2. The number of aliphatic hydroxyl groups is 1. The summed E-state index contributed by atoms with van der Waals surface area (Å²) in [6, 6.07) is 4.55. The molecular weight excluding hydrogens is 322 g/mol. The van der Waals surface area contributed by atoms with Crippen molar-refractivity contribution in [2.75, 3.05) is 16.8 Å². The Morgan fingerprint density at radius 1 is 1.48 bits per heavy atom. The number of non-ortho nitro benzene ring substituents is 1. The summed E-state index contributed by atoms with van der Waals surface area (Å²) in [5.74, 6) is 0.539. The molecule has 0 fully saturated rings. The van der Waals surface area contributed by atoms with Crippen LogP contribution in [0.1, 0.15) is 11.1 Å². The summed E-state index contributed by atoms with van der Waals surface area (Å²) in [5, 5.41) is 21.7. The molecular formula is C14H14ClN5O3. The van der Waals surface area contributed by atoms with E-state index in [4.69, 9.17) is 11.6 Å². The Bertz CT molecular complexity index is 785. The third-order valence-corrected chi connectivity index (χ3v) is 4.01. The minimum atomic E-state index is -1.02. The van der Waals surface area contributed by atoms with Crippen molar-refractivity contribution in [1.29, 1.82) is 0 Å². The summed E-state index contributed by atoms with van der Waals surface area (Å²) >= 11 is 5.80. The molecule has 1 aliphatic rings. The van der Waals surface area contributed by atoms with E-state index in [-0.39, 0.29) is 11.0 Å². The van der Waals surface area contributed by atoms with Crippen LogP contribution in [0.2, 0.25) is 5.28 Å². The van der Waals surface area contributed by atoms with Gasteiger partial charge in [-0.25, -0.2) is 9.97 Å². The van der Waals surface area contributed by atoms with Gasteiger partial charge in [0, 0.05) is 30.9 Å². The maximum absolute atomic E-state index is 11.0. The van der Waals surface area contributed by atoms with Crippen LogP contribution >= 0.6 is 11.6 Å². The predicted molar refractivity (Wildman–Crippen MR) is 85.5 cm³/mol. The van der Waals surface area contributed by atoms with Crippen molar-refractivity contribution in [3.05, 3.63) is 50.9 Å². The number of nitrogens with zero attached hydrogens (tertiary/aromatic N) is 5. The Balaban J connectivity index is 2.06. The molecule has 0 aliphatic carbocycles. The van der Waals surface area contributed by atoms with Crippen LogP contribution in [-0.2, 0) is 6.54 Å². The number of aromatic nitrogens is 2. The van der Waals surface area contributed by atoms with E-state index < -0.39 is 11.3 Å². The van der Waals surface area contributed by atoms with Crippen LogP contribution in [0.25, 0.3) is 0 Å². The van der Waals surface area contributed by atoms with Gasteiger partial charge in [0.1, 0.15) is 5.82 Å². The highest BCUT2D eigenvalue weighted by Crippen LogP contribution is 2.34. The molecule has 0 amide bonds. The lowest BCUT2D eigenvalue weighted by molar-refractivity contribution is -0.384. The number of aliphatic hydroxyl groups excluding tert-OH is 1. The number of nitro benzene ring substituents is 1. The molecule has 1 unspecified atom stereocenters. The molecule has 2 heterocycles. The molecule has 0 saturated carbocycles. The first-order chi connectivity index (χ1) is 10.9. The van der Waals surface area contributed by atoms with E-state index in [0.29, 0.717) is 18.1 Å². The van der Waals surface area contributed by atoms with Crippen molar-refractivity contribution >= 4 is 28.8 Å². The van der Waals surface area contributed by atoms with E-state index >= 15 is 0 Å². The average molecular weight is 336 g/mol. The number of fused-ring (bicyclic) bond motifs is 1. The van der Waals surface area contributed by atoms with Gasteiger partial charge in [-0.3, -0.25) is 10.1 Å². The van der Waals surface area contributed by atoms with Crippen molar-refractivity contribution in [3.63, 3.8) is 0 Å². The average Bonchev–Trinajstić information content (AvgIpc) is 2.52. The van der Waals surface area contributed by atoms with Crippen molar-refractivity contribution in [3.8, 4) is 0 Å². The molecule has 1 atom stereocenters. The molecule has 0 spiro atoms. The second kappa shape index (κ2) is 5.64. The number of aryl methyl sites for hydroxylation is 1. The molecule has 3 rings (SSSR count). The zero-order chi connectivity index (χ0) is 16.7. The van der Waals surface area contributed by atoms with Gasteiger partial charge in [-0.05, 0) is 24.1 Å². The fourth-order valence-electron chi connectivity index (χ4n) is 2.61. The third-order valence-electron chi connectivity index (χ3n) is 3.83. The molecule has 23 heavy (non-hydrogen) atoms. The number of nitro groups is 1. The number of hydrogen-bond acceptors (Lipinski definition) is 7. The number of rotatable bonds is 2. The van der Waals surface area contributed by atoms with Crippen LogP contribution < -0.4 is 9.80 Å². The number of benzene rings is 1. The summed E-state index contributed by atoms with van der Waals surface area (Å²) in [4.78, 5) is 21.8. The maximum Gasteiger partial charge on any atom is 0.271 e. The Kier molecular flexibility index (Phi) is 3.78. The summed E-state index contributed by atoms with van der Waals surface area (Å²) in [6.07, 6.45) is 0.571. The molecule has 1 N–H and O–H groups in total. The minimum Gasteiger partial charge on any atom is -0.356 e. The normalized spacial score (nSPS) is 17.1. The highest BCUT2D eigenvalue weighted by atomic mass is 35.5. The lowest BCUT2D eigenvalue weighted by Gasteiger charge is -2.41. The van der Waals surface area contributed by atoms with Crippen molar-refractivity contribution in [2.45, 2.75) is 19.8 Å². The Morgan fingerprint density at radius 3 is 2.91 bits per heavy atom. The molecule has 2 aromatic rings. The smallest absolute Gasteiger partial charge is 0.271 e. The standard InChI is InChI=1S/C14H14ClN5O3/c1-8-3-4-10(20(22)23)5-11(8)19-7-9-6-16-13(15)17-12(9)18(2)14(19)21/h3-6,14,21H,7H2,1-2H3. The van der Waals surface area contributed by atoms with E-state index in [1.165, 1.54) is 12.1 Å². The fraction of sp³-hybridized carbons (Fsp3) is 0.286. The third kappa shape index (κ3) is 2.66. The van der Waals surface area contributed by atoms with Crippen molar-refractivity contribution < 1.29 is 10.0 Å². The van der Waals surface area contributed by atoms with Crippen molar-refractivity contribution in [1.82, 2.24) is 9.97 Å². The Morgan fingerprint density at radius 2 is 2.22 bits per heavy atom. The van der Waals surface area contributed by atoms with Crippen LogP contribution in [0.3, 0.4) is 0 Å². The van der Waals surface area contributed by atoms with Crippen LogP contribution in [0, 0.1) is 17.0 Å². The Hall–Kier alpha value is -2.45. The summed E-state index contributed by atoms with van der Waals surface area (Å²) < 4.78 is 0. The van der Waals surface area contributed by atoms with E-state index in [0.717, 1.165) is 11.1 Å². The number of anilines is 2. The van der Waals surface area contributed by atoms with Gasteiger partial charge in [0.15, 0.2) is 0 Å². The van der Waals surface area contributed by atoms with Crippen LogP contribution in [-0.4, -0.2) is 33.4 Å². The van der Waals surface area contributed by atoms with Crippen LogP contribution in [0.4, 0.5) is 17.2 Å². The first-order valence-electron chi connectivity index (χ1n) is 6.82. The monoisotopic (exact) mass is 335 g/mol. The summed E-state index contributed by atoms with van der Waals surface area (Å²) in [5.41, 5.74) is 2.15.